The SMILES string of the molecule is CCOc1ccc(-[n+]2[nH]oc(=O)c2-c2nnc(-c3ccc(-[n+]4cc(=O)o[nH]4)cc3)o2)cc1. The molecule has 0 saturated heterocycles. The summed E-state index contributed by atoms with van der Waals surface area (Å²) < 4.78 is 23.6. The molecule has 3 heterocycles. The molecule has 0 saturated carbocycles. The Bertz CT molecular complexity index is 1470. The summed E-state index contributed by atoms with van der Waals surface area (Å²) in [7, 11) is 0. The van der Waals surface area contributed by atoms with Crippen LogP contribution in [0.25, 0.3) is 34.4 Å². The molecule has 0 atom stereocenters. The van der Waals surface area contributed by atoms with Crippen molar-refractivity contribution in [2.45, 2.75) is 6.92 Å². The van der Waals surface area contributed by atoms with Gasteiger partial charge in [0.15, 0.2) is 0 Å². The minimum atomic E-state index is -0.662. The molecule has 160 valence electrons. The van der Waals surface area contributed by atoms with E-state index in [4.69, 9.17) is 13.7 Å². The Morgan fingerprint density at radius 3 is 2.31 bits per heavy atom. The summed E-state index contributed by atoms with van der Waals surface area (Å²) >= 11 is 0. The lowest BCUT2D eigenvalue weighted by Crippen LogP contribution is -2.36. The van der Waals surface area contributed by atoms with Crippen LogP contribution in [0.4, 0.5) is 0 Å². The first-order chi connectivity index (χ1) is 15.6. The summed E-state index contributed by atoms with van der Waals surface area (Å²) in [5, 5.41) is 13.0. The number of nitrogens with one attached hydrogen (secondary N) is 2. The maximum absolute atomic E-state index is 12.3. The zero-order valence-electron chi connectivity index (χ0n) is 16.6. The quantitative estimate of drug-likeness (QED) is 0.373. The molecule has 0 unspecified atom stereocenters. The molecule has 2 N–H and O–H groups in total. The standard InChI is InChI=1S/C20H14N6O6/c1-2-29-15-9-7-14(8-10-15)26-17(20(28)32-24-26)19-22-21-18(30-19)12-3-5-13(6-4-12)25-11-16(27)31-23-25/h3-11H,2H2,1H3/p+2. The number of nitrogens with zero attached hydrogens (tertiary/aromatic N) is 4. The number of ether oxygens (including phenoxy) is 1. The van der Waals surface area contributed by atoms with Crippen LogP contribution < -0.4 is 25.4 Å². The van der Waals surface area contributed by atoms with Crippen molar-refractivity contribution < 1.29 is 27.6 Å². The smallest absolute Gasteiger partial charge is 0.441 e. The Morgan fingerprint density at radius 1 is 0.906 bits per heavy atom. The van der Waals surface area contributed by atoms with E-state index in [9.17, 15) is 9.59 Å². The molecule has 0 aliphatic carbocycles. The first-order valence-corrected chi connectivity index (χ1v) is 9.54. The van der Waals surface area contributed by atoms with Crippen LogP contribution in [0.15, 0.2) is 77.8 Å². The molecule has 12 nitrogen and oxygen atoms in total. The van der Waals surface area contributed by atoms with Crippen LogP contribution in [0.3, 0.4) is 0 Å². The second-order valence-electron chi connectivity index (χ2n) is 6.56. The Balaban J connectivity index is 1.46. The third-order valence-electron chi connectivity index (χ3n) is 4.55. The molecule has 12 heteroatoms. The summed E-state index contributed by atoms with van der Waals surface area (Å²) in [4.78, 5) is 23.5. The van der Waals surface area contributed by atoms with Crippen molar-refractivity contribution in [2.75, 3.05) is 6.61 Å². The average Bonchev–Trinajstić information content (AvgIpc) is 3.54. The predicted molar refractivity (Wildman–Crippen MR) is 105 cm³/mol. The zero-order valence-corrected chi connectivity index (χ0v) is 16.6. The fraction of sp³-hybridized carbons (Fsp3) is 0.100. The van der Waals surface area contributed by atoms with Crippen LogP contribution in [0.2, 0.25) is 0 Å². The van der Waals surface area contributed by atoms with Gasteiger partial charge in [0.2, 0.25) is 17.3 Å². The van der Waals surface area contributed by atoms with Gasteiger partial charge in [-0.05, 0) is 51.1 Å². The van der Waals surface area contributed by atoms with E-state index in [-0.39, 0.29) is 17.5 Å². The molecule has 0 amide bonds. The highest BCUT2D eigenvalue weighted by Crippen LogP contribution is 2.22. The Kier molecular flexibility index (Phi) is 4.71. The molecule has 0 aliphatic rings. The summed E-state index contributed by atoms with van der Waals surface area (Å²) in [5.41, 5.74) is 0.789. The van der Waals surface area contributed by atoms with Gasteiger partial charge in [-0.1, -0.05) is 0 Å². The Morgan fingerprint density at radius 2 is 1.62 bits per heavy atom. The lowest BCUT2D eigenvalue weighted by molar-refractivity contribution is -0.670. The van der Waals surface area contributed by atoms with Crippen LogP contribution >= 0.6 is 0 Å². The van der Waals surface area contributed by atoms with Crippen LogP contribution in [-0.2, 0) is 0 Å². The van der Waals surface area contributed by atoms with E-state index in [1.807, 2.05) is 6.92 Å². The van der Waals surface area contributed by atoms with Crippen LogP contribution in [-0.4, -0.2) is 27.3 Å². The number of benzene rings is 2. The molecule has 0 fully saturated rings. The van der Waals surface area contributed by atoms with Crippen LogP contribution in [0, 0.1) is 0 Å². The molecular formula is C20H16N6O6+2. The maximum atomic E-state index is 12.3. The molecule has 5 aromatic rings. The van der Waals surface area contributed by atoms with E-state index in [1.165, 1.54) is 15.6 Å². The van der Waals surface area contributed by atoms with Gasteiger partial charge in [0.05, 0.1) is 6.61 Å². The minimum Gasteiger partial charge on any atom is -0.494 e. The third-order valence-corrected chi connectivity index (χ3v) is 4.55. The fourth-order valence-electron chi connectivity index (χ4n) is 3.07. The van der Waals surface area contributed by atoms with Crippen molar-refractivity contribution in [3.63, 3.8) is 0 Å². The summed E-state index contributed by atoms with van der Waals surface area (Å²) in [6, 6.07) is 14.0. The fourth-order valence-corrected chi connectivity index (χ4v) is 3.07. The predicted octanol–water partition coefficient (Wildman–Crippen LogP) is 0.918. The van der Waals surface area contributed by atoms with Gasteiger partial charge in [-0.2, -0.15) is 0 Å². The molecule has 0 bridgehead atoms. The minimum absolute atomic E-state index is 0.0125. The number of hydrogen-bond donors (Lipinski definition) is 2. The summed E-state index contributed by atoms with van der Waals surface area (Å²) in [6.45, 7) is 2.44. The number of hydrogen-bond acceptors (Lipinski definition) is 8. The van der Waals surface area contributed by atoms with Crippen LogP contribution in [0.1, 0.15) is 6.92 Å². The molecule has 32 heavy (non-hydrogen) atoms. The van der Waals surface area contributed by atoms with Gasteiger partial charge in [0.25, 0.3) is 6.20 Å². The first kappa shape index (κ1) is 19.2. The van der Waals surface area contributed by atoms with Gasteiger partial charge in [-0.25, -0.2) is 9.59 Å². The third kappa shape index (κ3) is 3.49. The average molecular weight is 436 g/mol. The molecule has 0 radical (unpaired) electrons. The van der Waals surface area contributed by atoms with E-state index in [0.29, 0.717) is 29.3 Å². The highest BCUT2D eigenvalue weighted by molar-refractivity contribution is 5.56. The van der Waals surface area contributed by atoms with Gasteiger partial charge in [0.1, 0.15) is 5.75 Å². The van der Waals surface area contributed by atoms with Crippen LogP contribution in [0.5, 0.6) is 5.75 Å². The molecule has 0 aliphatic heterocycles. The van der Waals surface area contributed by atoms with Crippen molar-refractivity contribution in [1.82, 2.24) is 20.7 Å². The monoisotopic (exact) mass is 436 g/mol. The van der Waals surface area contributed by atoms with E-state index in [1.54, 1.807) is 48.5 Å². The van der Waals surface area contributed by atoms with Gasteiger partial charge in [-0.15, -0.1) is 10.2 Å². The number of aromatic amines is 2. The molecule has 3 aromatic heterocycles. The molecular weight excluding hydrogens is 420 g/mol. The highest BCUT2D eigenvalue weighted by Gasteiger charge is 2.31. The van der Waals surface area contributed by atoms with E-state index >= 15 is 0 Å². The van der Waals surface area contributed by atoms with Gasteiger partial charge in [0, 0.05) is 29.8 Å². The Hall–Kier alpha value is -4.74. The van der Waals surface area contributed by atoms with Gasteiger partial charge < -0.3 is 9.15 Å². The number of H-pyrrole nitrogens is 2. The van der Waals surface area contributed by atoms with Crippen molar-refractivity contribution in [3.05, 3.63) is 75.6 Å². The van der Waals surface area contributed by atoms with Crippen molar-refractivity contribution in [1.29, 1.82) is 0 Å². The Labute approximate surface area is 178 Å². The highest BCUT2D eigenvalue weighted by atomic mass is 16.5. The first-order valence-electron chi connectivity index (χ1n) is 9.54. The van der Waals surface area contributed by atoms with Crippen molar-refractivity contribution in [2.24, 2.45) is 0 Å². The molecule has 0 spiro atoms. The van der Waals surface area contributed by atoms with E-state index in [2.05, 4.69) is 25.3 Å². The normalized spacial score (nSPS) is 11.0. The second kappa shape index (κ2) is 7.83. The number of rotatable bonds is 6. The topological polar surface area (TPSA) is 148 Å². The lowest BCUT2D eigenvalue weighted by atomic mass is 10.2. The van der Waals surface area contributed by atoms with E-state index in [0.717, 1.165) is 0 Å². The van der Waals surface area contributed by atoms with Gasteiger partial charge in [-0.3, -0.25) is 9.05 Å². The van der Waals surface area contributed by atoms with Crippen molar-refractivity contribution >= 4 is 0 Å². The van der Waals surface area contributed by atoms with Crippen molar-refractivity contribution in [3.8, 4) is 40.2 Å². The molecule has 2 aromatic carbocycles. The summed E-state index contributed by atoms with van der Waals surface area (Å²) in [6.07, 6.45) is 1.27. The zero-order chi connectivity index (χ0) is 22.1. The molecule has 5 rings (SSSR count). The largest absolute Gasteiger partial charge is 0.494 e. The maximum Gasteiger partial charge on any atom is 0.441 e. The van der Waals surface area contributed by atoms with Gasteiger partial charge >= 0.3 is 22.8 Å². The van der Waals surface area contributed by atoms with E-state index < -0.39 is 11.3 Å². The lowest BCUT2D eigenvalue weighted by Gasteiger charge is -2.00. The second-order valence-corrected chi connectivity index (χ2v) is 6.56. The number of aromatic nitrogens is 6. The summed E-state index contributed by atoms with van der Waals surface area (Å²) in [5.74, 6) is 0.892.